The summed E-state index contributed by atoms with van der Waals surface area (Å²) < 4.78 is 33.0. The average molecular weight is 317 g/mol. The molecule has 3 aliphatic heterocycles. The van der Waals surface area contributed by atoms with Gasteiger partial charge in [0.1, 0.15) is 17.7 Å². The van der Waals surface area contributed by atoms with E-state index < -0.39 is 11.6 Å². The van der Waals surface area contributed by atoms with Crippen molar-refractivity contribution in [2.24, 2.45) is 5.92 Å². The average Bonchev–Trinajstić information content (AvgIpc) is 2.59. The molecule has 0 spiro atoms. The third kappa shape index (κ3) is 2.91. The molecule has 0 radical (unpaired) electrons. The largest absolute Gasteiger partial charge is 0.472 e. The van der Waals surface area contributed by atoms with Crippen LogP contribution in [0.2, 0.25) is 0 Å². The summed E-state index contributed by atoms with van der Waals surface area (Å²) in [6, 6.07) is 6.57. The first-order chi connectivity index (χ1) is 11.2. The van der Waals surface area contributed by atoms with Crippen molar-refractivity contribution in [1.29, 1.82) is 0 Å². The monoisotopic (exact) mass is 317 g/mol. The lowest BCUT2D eigenvalue weighted by atomic mass is 9.86. The van der Waals surface area contributed by atoms with Crippen LogP contribution in [0.15, 0.2) is 30.3 Å². The Hall–Kier alpha value is -2.08. The third-order valence-corrected chi connectivity index (χ3v) is 4.71. The van der Waals surface area contributed by atoms with Gasteiger partial charge in [0.25, 0.3) is 0 Å². The van der Waals surface area contributed by atoms with Gasteiger partial charge in [-0.1, -0.05) is 0 Å². The zero-order chi connectivity index (χ0) is 15.8. The number of benzene rings is 1. The van der Waals surface area contributed by atoms with E-state index in [-0.39, 0.29) is 11.7 Å². The quantitative estimate of drug-likeness (QED) is 0.872. The van der Waals surface area contributed by atoms with Crippen LogP contribution in [-0.2, 0) is 0 Å². The second kappa shape index (κ2) is 5.85. The highest BCUT2D eigenvalue weighted by Gasteiger charge is 2.35. The van der Waals surface area contributed by atoms with Crippen LogP contribution >= 0.6 is 0 Å². The number of nitrogens with zero attached hydrogens (tertiary/aromatic N) is 3. The van der Waals surface area contributed by atoms with E-state index in [2.05, 4.69) is 15.1 Å². The molecule has 3 fully saturated rings. The summed E-state index contributed by atoms with van der Waals surface area (Å²) in [6.45, 7) is 3.22. The standard InChI is InChI=1S/C17H17F2N3O/c18-12-1-2-14(19)13(9-12)15-3-4-17(21-20-15)23-16-10-22-7-5-11(16)6-8-22/h1-4,9,11,16H,5-8,10H2. The normalized spacial score (nSPS) is 26.3. The predicted molar refractivity (Wildman–Crippen MR) is 81.0 cm³/mol. The fourth-order valence-electron chi connectivity index (χ4n) is 3.42. The number of hydrogen-bond acceptors (Lipinski definition) is 4. The first-order valence-corrected chi connectivity index (χ1v) is 7.87. The van der Waals surface area contributed by atoms with Gasteiger partial charge < -0.3 is 4.74 Å². The molecule has 6 heteroatoms. The van der Waals surface area contributed by atoms with Gasteiger partial charge in [-0.2, -0.15) is 0 Å². The molecule has 2 aromatic rings. The first kappa shape index (κ1) is 14.5. The smallest absolute Gasteiger partial charge is 0.233 e. The first-order valence-electron chi connectivity index (χ1n) is 7.87. The molecular formula is C17H17F2N3O. The Labute approximate surface area is 133 Å². The Morgan fingerprint density at radius 3 is 2.52 bits per heavy atom. The molecule has 4 heterocycles. The topological polar surface area (TPSA) is 38.2 Å². The van der Waals surface area contributed by atoms with Crippen molar-refractivity contribution in [2.45, 2.75) is 18.9 Å². The van der Waals surface area contributed by atoms with Crippen LogP contribution in [0.4, 0.5) is 8.78 Å². The SMILES string of the molecule is Fc1ccc(F)c(-c2ccc(OC3CN4CCC3CC4)nn2)c1. The Kier molecular flexibility index (Phi) is 3.69. The molecule has 0 saturated carbocycles. The van der Waals surface area contributed by atoms with Gasteiger partial charge in [-0.25, -0.2) is 8.78 Å². The van der Waals surface area contributed by atoms with Crippen molar-refractivity contribution in [3.05, 3.63) is 42.0 Å². The van der Waals surface area contributed by atoms with E-state index in [0.717, 1.165) is 50.7 Å². The highest BCUT2D eigenvalue weighted by Crippen LogP contribution is 2.30. The molecule has 0 aliphatic carbocycles. The van der Waals surface area contributed by atoms with Gasteiger partial charge in [0.05, 0.1) is 5.69 Å². The van der Waals surface area contributed by atoms with E-state index in [9.17, 15) is 8.78 Å². The van der Waals surface area contributed by atoms with Gasteiger partial charge in [0, 0.05) is 18.2 Å². The van der Waals surface area contributed by atoms with Gasteiger partial charge in [-0.05, 0) is 56.1 Å². The van der Waals surface area contributed by atoms with Gasteiger partial charge in [0.2, 0.25) is 5.88 Å². The van der Waals surface area contributed by atoms with Gasteiger partial charge >= 0.3 is 0 Å². The third-order valence-electron chi connectivity index (χ3n) is 4.71. The molecule has 0 N–H and O–H groups in total. The molecule has 120 valence electrons. The van der Waals surface area contributed by atoms with E-state index in [1.807, 2.05) is 0 Å². The van der Waals surface area contributed by atoms with E-state index in [1.54, 1.807) is 12.1 Å². The summed E-state index contributed by atoms with van der Waals surface area (Å²) in [5.41, 5.74) is 0.398. The van der Waals surface area contributed by atoms with Crippen molar-refractivity contribution in [1.82, 2.24) is 15.1 Å². The number of halogens is 2. The molecule has 1 aromatic carbocycles. The van der Waals surface area contributed by atoms with E-state index in [1.165, 1.54) is 0 Å². The summed E-state index contributed by atoms with van der Waals surface area (Å²) in [6.07, 6.45) is 2.46. The van der Waals surface area contributed by atoms with Crippen molar-refractivity contribution in [3.63, 3.8) is 0 Å². The summed E-state index contributed by atoms with van der Waals surface area (Å²) in [5.74, 6) is -0.0194. The lowest BCUT2D eigenvalue weighted by molar-refractivity contribution is -0.0103. The Balaban J connectivity index is 1.51. The van der Waals surface area contributed by atoms with Crippen LogP contribution < -0.4 is 4.74 Å². The maximum absolute atomic E-state index is 13.8. The molecule has 5 rings (SSSR count). The number of hydrogen-bond donors (Lipinski definition) is 0. The zero-order valence-corrected chi connectivity index (χ0v) is 12.6. The van der Waals surface area contributed by atoms with E-state index >= 15 is 0 Å². The molecule has 1 unspecified atom stereocenters. The van der Waals surface area contributed by atoms with E-state index in [4.69, 9.17) is 4.74 Å². The second-order valence-electron chi connectivity index (χ2n) is 6.18. The maximum Gasteiger partial charge on any atom is 0.233 e. The number of aromatic nitrogens is 2. The minimum Gasteiger partial charge on any atom is -0.472 e. The number of fused-ring (bicyclic) bond motifs is 3. The van der Waals surface area contributed by atoms with Crippen LogP contribution in [0.5, 0.6) is 5.88 Å². The van der Waals surface area contributed by atoms with Crippen molar-refractivity contribution < 1.29 is 13.5 Å². The summed E-state index contributed by atoms with van der Waals surface area (Å²) in [5, 5.41) is 8.01. The van der Waals surface area contributed by atoms with Crippen molar-refractivity contribution in [2.75, 3.05) is 19.6 Å². The van der Waals surface area contributed by atoms with Gasteiger partial charge in [0.15, 0.2) is 0 Å². The highest BCUT2D eigenvalue weighted by molar-refractivity contribution is 5.59. The molecule has 4 nitrogen and oxygen atoms in total. The highest BCUT2D eigenvalue weighted by atomic mass is 19.1. The van der Waals surface area contributed by atoms with Crippen molar-refractivity contribution >= 4 is 0 Å². The molecule has 1 aromatic heterocycles. The molecule has 3 aliphatic rings. The number of piperidine rings is 3. The molecule has 3 saturated heterocycles. The Morgan fingerprint density at radius 2 is 1.87 bits per heavy atom. The number of ether oxygens (including phenoxy) is 1. The lowest BCUT2D eigenvalue weighted by Gasteiger charge is -2.44. The minimum absolute atomic E-state index is 0.104. The number of rotatable bonds is 3. The second-order valence-corrected chi connectivity index (χ2v) is 6.18. The van der Waals surface area contributed by atoms with Crippen LogP contribution in [-0.4, -0.2) is 40.8 Å². The Morgan fingerprint density at radius 1 is 1.04 bits per heavy atom. The molecule has 0 amide bonds. The summed E-state index contributed by atoms with van der Waals surface area (Å²) in [4.78, 5) is 2.40. The summed E-state index contributed by atoms with van der Waals surface area (Å²) >= 11 is 0. The fraction of sp³-hybridized carbons (Fsp3) is 0.412. The predicted octanol–water partition coefficient (Wildman–Crippen LogP) is 2.89. The van der Waals surface area contributed by atoms with Crippen molar-refractivity contribution in [3.8, 4) is 17.1 Å². The molecular weight excluding hydrogens is 300 g/mol. The fourth-order valence-corrected chi connectivity index (χ4v) is 3.42. The van der Waals surface area contributed by atoms with Gasteiger partial charge in [-0.3, -0.25) is 4.90 Å². The van der Waals surface area contributed by atoms with Crippen LogP contribution in [0, 0.1) is 17.6 Å². The lowest BCUT2D eigenvalue weighted by Crippen LogP contribution is -2.52. The minimum atomic E-state index is -0.522. The zero-order valence-electron chi connectivity index (χ0n) is 12.6. The van der Waals surface area contributed by atoms with Crippen LogP contribution in [0.3, 0.4) is 0 Å². The van der Waals surface area contributed by atoms with Crippen LogP contribution in [0.25, 0.3) is 11.3 Å². The molecule has 23 heavy (non-hydrogen) atoms. The van der Waals surface area contributed by atoms with Gasteiger partial charge in [-0.15, -0.1) is 10.2 Å². The Bertz CT molecular complexity index is 699. The van der Waals surface area contributed by atoms with Crippen LogP contribution in [0.1, 0.15) is 12.8 Å². The maximum atomic E-state index is 13.8. The summed E-state index contributed by atoms with van der Waals surface area (Å²) in [7, 11) is 0. The molecule has 2 bridgehead atoms. The van der Waals surface area contributed by atoms with E-state index in [0.29, 0.717) is 17.5 Å². The molecule has 1 atom stereocenters.